The standard InChI is InChI=1S/C26H27FN2O3S/c27-24-9-3-5-20(14-24)18-29-33(31,32)25-10-4-6-21(15-25)17-28-26(30)16-19-11-12-22-7-1-2-8-23(22)13-19/h3-6,9-15,29H,1-2,7-8,16-18H2,(H,28,30). The zero-order valence-corrected chi connectivity index (χ0v) is 19.1. The molecule has 0 saturated heterocycles. The number of carbonyl (C=O) groups excluding carboxylic acids is 1. The van der Waals surface area contributed by atoms with Crippen LogP contribution in [0.4, 0.5) is 4.39 Å². The van der Waals surface area contributed by atoms with Gasteiger partial charge in [0.1, 0.15) is 5.82 Å². The summed E-state index contributed by atoms with van der Waals surface area (Å²) in [5.74, 6) is -0.525. The SMILES string of the molecule is O=C(Cc1ccc2c(c1)CCCC2)NCc1cccc(S(=O)(=O)NCc2cccc(F)c2)c1. The highest BCUT2D eigenvalue weighted by atomic mass is 32.2. The summed E-state index contributed by atoms with van der Waals surface area (Å²) in [7, 11) is -3.77. The molecule has 7 heteroatoms. The average molecular weight is 467 g/mol. The van der Waals surface area contributed by atoms with E-state index in [2.05, 4.69) is 22.2 Å². The Bertz CT molecular complexity index is 1260. The van der Waals surface area contributed by atoms with Gasteiger partial charge in [0, 0.05) is 13.1 Å². The van der Waals surface area contributed by atoms with Crippen molar-refractivity contribution in [3.63, 3.8) is 0 Å². The van der Waals surface area contributed by atoms with Crippen molar-refractivity contribution in [3.8, 4) is 0 Å². The van der Waals surface area contributed by atoms with Crippen LogP contribution in [0.15, 0.2) is 71.6 Å². The smallest absolute Gasteiger partial charge is 0.240 e. The van der Waals surface area contributed by atoms with Crippen molar-refractivity contribution >= 4 is 15.9 Å². The van der Waals surface area contributed by atoms with Crippen LogP contribution in [-0.2, 0) is 47.2 Å². The van der Waals surface area contributed by atoms with E-state index < -0.39 is 15.8 Å². The molecular formula is C26H27FN2O3S. The van der Waals surface area contributed by atoms with Gasteiger partial charge in [-0.3, -0.25) is 4.79 Å². The van der Waals surface area contributed by atoms with Crippen LogP contribution in [0.25, 0.3) is 0 Å². The van der Waals surface area contributed by atoms with Gasteiger partial charge < -0.3 is 5.32 Å². The predicted molar refractivity (Wildman–Crippen MR) is 126 cm³/mol. The molecule has 2 N–H and O–H groups in total. The minimum atomic E-state index is -3.77. The fourth-order valence-electron chi connectivity index (χ4n) is 4.08. The zero-order valence-electron chi connectivity index (χ0n) is 18.3. The Balaban J connectivity index is 1.34. The van der Waals surface area contributed by atoms with Crippen molar-refractivity contribution < 1.29 is 17.6 Å². The highest BCUT2D eigenvalue weighted by Gasteiger charge is 2.15. The third-order valence-electron chi connectivity index (χ3n) is 5.83. The van der Waals surface area contributed by atoms with E-state index in [0.29, 0.717) is 17.5 Å². The summed E-state index contributed by atoms with van der Waals surface area (Å²) in [6, 6.07) is 18.5. The van der Waals surface area contributed by atoms with Crippen molar-refractivity contribution in [2.24, 2.45) is 0 Å². The van der Waals surface area contributed by atoms with Gasteiger partial charge in [0.2, 0.25) is 15.9 Å². The van der Waals surface area contributed by atoms with Gasteiger partial charge in [-0.2, -0.15) is 0 Å². The number of amides is 1. The Kier molecular flexibility index (Phi) is 7.20. The van der Waals surface area contributed by atoms with Gasteiger partial charge in [-0.15, -0.1) is 0 Å². The van der Waals surface area contributed by atoms with Gasteiger partial charge in [-0.25, -0.2) is 17.5 Å². The van der Waals surface area contributed by atoms with Crippen LogP contribution >= 0.6 is 0 Å². The summed E-state index contributed by atoms with van der Waals surface area (Å²) in [4.78, 5) is 12.5. The third kappa shape index (κ3) is 6.27. The van der Waals surface area contributed by atoms with Gasteiger partial charge in [0.25, 0.3) is 0 Å². The Labute approximate surface area is 194 Å². The Morgan fingerprint density at radius 3 is 2.33 bits per heavy atom. The van der Waals surface area contributed by atoms with Crippen LogP contribution in [0.5, 0.6) is 0 Å². The Hall–Kier alpha value is -3.03. The molecule has 0 unspecified atom stereocenters. The molecule has 0 atom stereocenters. The van der Waals surface area contributed by atoms with E-state index in [1.54, 1.807) is 18.2 Å². The quantitative estimate of drug-likeness (QED) is 0.526. The molecule has 1 aliphatic rings. The number of benzene rings is 3. The zero-order chi connectivity index (χ0) is 23.3. The summed E-state index contributed by atoms with van der Waals surface area (Å²) in [5.41, 5.74) is 4.93. The molecule has 4 rings (SSSR count). The Morgan fingerprint density at radius 2 is 1.55 bits per heavy atom. The Morgan fingerprint density at radius 1 is 0.818 bits per heavy atom. The van der Waals surface area contributed by atoms with Crippen molar-refractivity contribution in [2.75, 3.05) is 0 Å². The number of rotatable bonds is 8. The molecule has 33 heavy (non-hydrogen) atoms. The topological polar surface area (TPSA) is 75.3 Å². The van der Waals surface area contributed by atoms with E-state index in [1.807, 2.05) is 6.07 Å². The van der Waals surface area contributed by atoms with E-state index in [4.69, 9.17) is 0 Å². The molecule has 0 saturated carbocycles. The molecule has 3 aromatic rings. The normalized spacial score (nSPS) is 13.4. The molecule has 1 amide bonds. The first-order chi connectivity index (χ1) is 15.9. The number of aryl methyl sites for hydroxylation is 2. The second-order valence-electron chi connectivity index (χ2n) is 8.37. The molecular weight excluding hydrogens is 439 g/mol. The van der Waals surface area contributed by atoms with E-state index in [0.717, 1.165) is 18.4 Å². The predicted octanol–water partition coefficient (Wildman–Crippen LogP) is 4.04. The maximum absolute atomic E-state index is 13.3. The van der Waals surface area contributed by atoms with Crippen LogP contribution in [-0.4, -0.2) is 14.3 Å². The molecule has 0 aliphatic heterocycles. The van der Waals surface area contributed by atoms with Gasteiger partial charge in [-0.05, 0) is 77.8 Å². The fourth-order valence-corrected chi connectivity index (χ4v) is 5.16. The second-order valence-corrected chi connectivity index (χ2v) is 10.1. The monoisotopic (exact) mass is 466 g/mol. The fraction of sp³-hybridized carbons (Fsp3) is 0.269. The second kappa shape index (κ2) is 10.3. The first-order valence-corrected chi connectivity index (χ1v) is 12.6. The summed E-state index contributed by atoms with van der Waals surface area (Å²) < 4.78 is 41.1. The number of fused-ring (bicyclic) bond motifs is 1. The molecule has 3 aromatic carbocycles. The molecule has 0 heterocycles. The number of carbonyl (C=O) groups is 1. The number of halogens is 1. The first-order valence-electron chi connectivity index (χ1n) is 11.1. The van der Waals surface area contributed by atoms with Crippen LogP contribution in [0.2, 0.25) is 0 Å². The van der Waals surface area contributed by atoms with Gasteiger partial charge in [0.15, 0.2) is 0 Å². The molecule has 0 aromatic heterocycles. The number of hydrogen-bond donors (Lipinski definition) is 2. The van der Waals surface area contributed by atoms with Crippen LogP contribution < -0.4 is 10.0 Å². The molecule has 0 radical (unpaired) electrons. The van der Waals surface area contributed by atoms with E-state index in [9.17, 15) is 17.6 Å². The summed E-state index contributed by atoms with van der Waals surface area (Å²) in [6.07, 6.45) is 4.89. The number of sulfonamides is 1. The maximum atomic E-state index is 13.3. The van der Waals surface area contributed by atoms with Gasteiger partial charge in [0.05, 0.1) is 11.3 Å². The van der Waals surface area contributed by atoms with E-state index in [1.165, 1.54) is 54.3 Å². The van der Waals surface area contributed by atoms with Crippen molar-refractivity contribution in [2.45, 2.75) is 50.1 Å². The molecule has 0 bridgehead atoms. The van der Waals surface area contributed by atoms with E-state index >= 15 is 0 Å². The van der Waals surface area contributed by atoms with Crippen LogP contribution in [0.1, 0.15) is 40.7 Å². The third-order valence-corrected chi connectivity index (χ3v) is 7.23. The number of hydrogen-bond acceptors (Lipinski definition) is 3. The summed E-state index contributed by atoms with van der Waals surface area (Å²) in [6.45, 7) is 0.221. The molecule has 0 fully saturated rings. The van der Waals surface area contributed by atoms with Gasteiger partial charge >= 0.3 is 0 Å². The van der Waals surface area contributed by atoms with Crippen molar-refractivity contribution in [1.29, 1.82) is 0 Å². The average Bonchev–Trinajstić information content (AvgIpc) is 2.82. The summed E-state index contributed by atoms with van der Waals surface area (Å²) >= 11 is 0. The highest BCUT2D eigenvalue weighted by Crippen LogP contribution is 2.22. The molecule has 172 valence electrons. The lowest BCUT2D eigenvalue weighted by Gasteiger charge is -2.16. The summed E-state index contributed by atoms with van der Waals surface area (Å²) in [5, 5.41) is 2.87. The number of nitrogens with one attached hydrogen (secondary N) is 2. The molecule has 0 spiro atoms. The maximum Gasteiger partial charge on any atom is 0.240 e. The first kappa shape index (κ1) is 23.1. The van der Waals surface area contributed by atoms with E-state index in [-0.39, 0.29) is 23.9 Å². The lowest BCUT2D eigenvalue weighted by molar-refractivity contribution is -0.120. The lowest BCUT2D eigenvalue weighted by Crippen LogP contribution is -2.25. The molecule has 1 aliphatic carbocycles. The lowest BCUT2D eigenvalue weighted by atomic mass is 9.90. The minimum Gasteiger partial charge on any atom is -0.352 e. The van der Waals surface area contributed by atoms with Crippen molar-refractivity contribution in [3.05, 3.63) is 100 Å². The minimum absolute atomic E-state index is 0.0121. The van der Waals surface area contributed by atoms with Gasteiger partial charge in [-0.1, -0.05) is 42.5 Å². The molecule has 5 nitrogen and oxygen atoms in total. The highest BCUT2D eigenvalue weighted by molar-refractivity contribution is 7.89. The van der Waals surface area contributed by atoms with Crippen molar-refractivity contribution in [1.82, 2.24) is 10.0 Å². The van der Waals surface area contributed by atoms with Crippen LogP contribution in [0, 0.1) is 5.82 Å². The van der Waals surface area contributed by atoms with Crippen LogP contribution in [0.3, 0.4) is 0 Å². The largest absolute Gasteiger partial charge is 0.352 e.